The van der Waals surface area contributed by atoms with E-state index in [0.717, 1.165) is 0 Å². The summed E-state index contributed by atoms with van der Waals surface area (Å²) in [5.41, 5.74) is 0. The van der Waals surface area contributed by atoms with Gasteiger partial charge in [0.2, 0.25) is 0 Å². The van der Waals surface area contributed by atoms with Gasteiger partial charge in [0, 0.05) is 0 Å². The number of alkyl halides is 6. The maximum atomic E-state index is 10.8. The monoisotopic (exact) mass is 256 g/mol. The summed E-state index contributed by atoms with van der Waals surface area (Å²) < 4.78 is 73.5. The van der Waals surface area contributed by atoms with Crippen LogP contribution in [-0.4, -0.2) is 27.0 Å². The van der Waals surface area contributed by atoms with Crippen LogP contribution in [-0.2, 0) is 4.57 Å². The van der Waals surface area contributed by atoms with Gasteiger partial charge in [-0.25, -0.2) is 30.9 Å². The van der Waals surface area contributed by atoms with E-state index in [1.54, 1.807) is 0 Å². The molecule has 0 bridgehead atoms. The average Bonchev–Trinajstić information content (AvgIpc) is 1.42. The molecule has 0 aliphatic carbocycles. The van der Waals surface area contributed by atoms with Crippen LogP contribution in [0.25, 0.3) is 0 Å². The van der Waals surface area contributed by atoms with Crippen molar-refractivity contribution in [3.05, 3.63) is 6.42 Å². The standard InChI is InChI=1S/C3HF6.Li.H3O4P/c4-2(5,6)1-3(7,8)9;;1-5(2,3)4/h1H;;(H3,1,2,3,4)/q-1;+1;. The Bertz CT molecular complexity index is 187. The zero-order valence-electron chi connectivity index (χ0n) is 7.04. The minimum absolute atomic E-state index is 0. The summed E-state index contributed by atoms with van der Waals surface area (Å²) in [5, 5.41) is 0. The molecule has 0 spiro atoms. The van der Waals surface area contributed by atoms with E-state index in [-0.39, 0.29) is 18.9 Å². The van der Waals surface area contributed by atoms with Gasteiger partial charge in [-0.15, -0.1) is 6.42 Å². The van der Waals surface area contributed by atoms with Crippen molar-refractivity contribution in [3.63, 3.8) is 0 Å². The molecule has 0 fully saturated rings. The molecular formula is C3H4F6LiO4P. The topological polar surface area (TPSA) is 77.8 Å². The van der Waals surface area contributed by atoms with Gasteiger partial charge in [-0.1, -0.05) is 0 Å². The second-order valence-corrected chi connectivity index (χ2v) is 2.77. The van der Waals surface area contributed by atoms with Crippen LogP contribution in [0.3, 0.4) is 0 Å². The molecule has 0 radical (unpaired) electrons. The first-order chi connectivity index (χ1) is 5.71. The molecule has 0 atom stereocenters. The quantitative estimate of drug-likeness (QED) is 0.211. The van der Waals surface area contributed by atoms with Gasteiger partial charge in [-0.3, -0.25) is 0 Å². The van der Waals surface area contributed by atoms with Gasteiger partial charge < -0.3 is 14.7 Å². The molecule has 0 saturated heterocycles. The molecule has 0 aliphatic heterocycles. The molecule has 0 unspecified atom stereocenters. The van der Waals surface area contributed by atoms with E-state index in [4.69, 9.17) is 19.2 Å². The van der Waals surface area contributed by atoms with E-state index in [2.05, 4.69) is 0 Å². The SMILES string of the molecule is FC(F)(F)[CH-]C(F)(F)F.O=P(O)(O)O.[Li+]. The van der Waals surface area contributed by atoms with Crippen LogP contribution in [0.4, 0.5) is 26.3 Å². The fourth-order valence-corrected chi connectivity index (χ4v) is 0.186. The third-order valence-corrected chi connectivity index (χ3v) is 0.327. The van der Waals surface area contributed by atoms with Gasteiger partial charge in [0.15, 0.2) is 0 Å². The molecule has 0 aromatic rings. The van der Waals surface area contributed by atoms with Crippen LogP contribution in [0.5, 0.6) is 0 Å². The second kappa shape index (κ2) is 6.78. The third-order valence-electron chi connectivity index (χ3n) is 0.327. The van der Waals surface area contributed by atoms with Crippen molar-refractivity contribution in [1.82, 2.24) is 0 Å². The number of rotatable bonds is 0. The third kappa shape index (κ3) is 54.6. The average molecular weight is 256 g/mol. The van der Waals surface area contributed by atoms with E-state index < -0.39 is 26.6 Å². The van der Waals surface area contributed by atoms with Crippen molar-refractivity contribution < 1.29 is 64.4 Å². The first-order valence-corrected chi connectivity index (χ1v) is 4.06. The molecule has 0 rings (SSSR count). The zero-order valence-corrected chi connectivity index (χ0v) is 7.94. The minimum atomic E-state index is -5.27. The van der Waals surface area contributed by atoms with Crippen LogP contribution >= 0.6 is 7.82 Å². The van der Waals surface area contributed by atoms with E-state index in [1.165, 1.54) is 0 Å². The summed E-state index contributed by atoms with van der Waals surface area (Å²) in [6, 6.07) is 0. The first-order valence-electron chi connectivity index (χ1n) is 2.49. The fourth-order valence-electron chi connectivity index (χ4n) is 0.186. The second-order valence-electron chi connectivity index (χ2n) is 1.74. The number of hydrogen-bond acceptors (Lipinski definition) is 1. The van der Waals surface area contributed by atoms with Crippen LogP contribution in [0.15, 0.2) is 0 Å². The van der Waals surface area contributed by atoms with Crippen molar-refractivity contribution >= 4 is 7.82 Å². The zero-order chi connectivity index (χ0) is 12.2. The van der Waals surface area contributed by atoms with Gasteiger partial charge in [-0.2, -0.15) is 0 Å². The minimum Gasteiger partial charge on any atom is -0.303 e. The van der Waals surface area contributed by atoms with E-state index in [1.807, 2.05) is 0 Å². The molecule has 0 aliphatic rings. The largest absolute Gasteiger partial charge is 1.00 e. The van der Waals surface area contributed by atoms with E-state index in [9.17, 15) is 26.3 Å². The molecule has 0 aromatic heterocycles. The molecule has 15 heavy (non-hydrogen) atoms. The molecule has 0 aromatic carbocycles. The Morgan fingerprint density at radius 2 is 1.00 bits per heavy atom. The summed E-state index contributed by atoms with van der Waals surface area (Å²) in [6.07, 6.45) is -12.2. The van der Waals surface area contributed by atoms with Crippen molar-refractivity contribution in [1.29, 1.82) is 0 Å². The van der Waals surface area contributed by atoms with Crippen LogP contribution in [0.1, 0.15) is 0 Å². The first kappa shape index (κ1) is 20.7. The summed E-state index contributed by atoms with van der Waals surface area (Å²) >= 11 is 0. The molecular weight excluding hydrogens is 252 g/mol. The van der Waals surface area contributed by atoms with Crippen LogP contribution < -0.4 is 18.9 Å². The van der Waals surface area contributed by atoms with Gasteiger partial charge in [0.1, 0.15) is 0 Å². The molecule has 88 valence electrons. The van der Waals surface area contributed by atoms with Gasteiger partial charge in [0.05, 0.1) is 0 Å². The van der Waals surface area contributed by atoms with Crippen molar-refractivity contribution in [3.8, 4) is 0 Å². The Morgan fingerprint density at radius 1 is 0.867 bits per heavy atom. The van der Waals surface area contributed by atoms with Crippen molar-refractivity contribution in [2.24, 2.45) is 0 Å². The Morgan fingerprint density at radius 3 is 1.00 bits per heavy atom. The Balaban J connectivity index is -0.000000208. The number of hydrogen-bond donors (Lipinski definition) is 3. The predicted octanol–water partition coefficient (Wildman–Crippen LogP) is -1.61. The summed E-state index contributed by atoms with van der Waals surface area (Å²) in [5.74, 6) is 0. The van der Waals surface area contributed by atoms with E-state index >= 15 is 0 Å². The van der Waals surface area contributed by atoms with E-state index in [0.29, 0.717) is 0 Å². The normalized spacial score (nSPS) is 12.3. The fraction of sp³-hybridized carbons (Fsp3) is 0.667. The summed E-state index contributed by atoms with van der Waals surface area (Å²) in [6.45, 7) is 0. The summed E-state index contributed by atoms with van der Waals surface area (Å²) in [4.78, 5) is 21.6. The van der Waals surface area contributed by atoms with Gasteiger partial charge >= 0.3 is 26.7 Å². The summed E-state index contributed by atoms with van der Waals surface area (Å²) in [7, 11) is -4.64. The van der Waals surface area contributed by atoms with Gasteiger partial charge in [-0.05, 0) is 0 Å². The van der Waals surface area contributed by atoms with Crippen molar-refractivity contribution in [2.75, 3.05) is 0 Å². The molecule has 0 amide bonds. The smallest absolute Gasteiger partial charge is 0.303 e. The Hall–Kier alpha value is 0.287. The number of halogens is 6. The molecule has 4 nitrogen and oxygen atoms in total. The molecule has 3 N–H and O–H groups in total. The molecule has 0 heterocycles. The van der Waals surface area contributed by atoms with Crippen LogP contribution in [0, 0.1) is 6.42 Å². The Labute approximate surface area is 91.7 Å². The maximum Gasteiger partial charge on any atom is 1.00 e. The predicted molar refractivity (Wildman–Crippen MR) is 30.7 cm³/mol. The van der Waals surface area contributed by atoms with Gasteiger partial charge in [0.25, 0.3) is 12.4 Å². The Kier molecular flexibility index (Phi) is 9.34. The number of phosphoric acid groups is 1. The van der Waals surface area contributed by atoms with Crippen LogP contribution in [0.2, 0.25) is 0 Å². The molecule has 12 heteroatoms. The maximum absolute atomic E-state index is 10.8. The molecule has 0 saturated carbocycles. The van der Waals surface area contributed by atoms with Crippen molar-refractivity contribution in [2.45, 2.75) is 12.4 Å².